The maximum atomic E-state index is 12.7. The monoisotopic (exact) mass is 362 g/mol. The van der Waals surface area contributed by atoms with Crippen molar-refractivity contribution in [1.29, 1.82) is 0 Å². The lowest BCUT2D eigenvalue weighted by atomic mass is 10.2. The van der Waals surface area contributed by atoms with Crippen LogP contribution in [-0.4, -0.2) is 9.55 Å². The zero-order valence-electron chi connectivity index (χ0n) is 14.9. The summed E-state index contributed by atoms with van der Waals surface area (Å²) in [6, 6.07) is 18.7. The third-order valence-electron chi connectivity index (χ3n) is 4.84. The molecule has 1 aliphatic rings. The fourth-order valence-electron chi connectivity index (χ4n) is 3.59. The molecule has 0 amide bonds. The Balaban J connectivity index is 1.62. The van der Waals surface area contributed by atoms with Crippen LogP contribution in [0.15, 0.2) is 64.4 Å². The van der Waals surface area contributed by atoms with E-state index < -0.39 is 0 Å². The van der Waals surface area contributed by atoms with E-state index in [4.69, 9.17) is 0 Å². The summed E-state index contributed by atoms with van der Waals surface area (Å²) in [7, 11) is 0. The molecule has 3 aromatic rings. The minimum atomic E-state index is -0.124. The SMILES string of the molecule is Cc1cccc(CSc2nc(=O)n(Cc3ccccc3)c3c2CCC3)c1. The van der Waals surface area contributed by atoms with Crippen LogP contribution in [0, 0.1) is 6.92 Å². The van der Waals surface area contributed by atoms with Crippen molar-refractivity contribution in [2.45, 2.75) is 43.5 Å². The number of benzene rings is 2. The zero-order valence-corrected chi connectivity index (χ0v) is 15.8. The molecule has 0 radical (unpaired) electrons. The lowest BCUT2D eigenvalue weighted by Gasteiger charge is -2.14. The Morgan fingerprint density at radius 1 is 1.04 bits per heavy atom. The van der Waals surface area contributed by atoms with Gasteiger partial charge in [0.15, 0.2) is 0 Å². The topological polar surface area (TPSA) is 34.9 Å². The van der Waals surface area contributed by atoms with E-state index in [1.54, 1.807) is 11.8 Å². The Hall–Kier alpha value is -2.33. The lowest BCUT2D eigenvalue weighted by molar-refractivity contribution is 0.667. The molecule has 0 aliphatic heterocycles. The lowest BCUT2D eigenvalue weighted by Crippen LogP contribution is -2.27. The highest BCUT2D eigenvalue weighted by Crippen LogP contribution is 2.31. The highest BCUT2D eigenvalue weighted by Gasteiger charge is 2.22. The molecule has 4 rings (SSSR count). The van der Waals surface area contributed by atoms with Crippen molar-refractivity contribution in [2.24, 2.45) is 0 Å². The van der Waals surface area contributed by atoms with Crippen LogP contribution in [0.3, 0.4) is 0 Å². The molecule has 0 atom stereocenters. The molecule has 26 heavy (non-hydrogen) atoms. The number of fused-ring (bicyclic) bond motifs is 1. The Morgan fingerprint density at radius 3 is 2.65 bits per heavy atom. The van der Waals surface area contributed by atoms with Gasteiger partial charge in [-0.25, -0.2) is 4.79 Å². The Labute approximate surface area is 158 Å². The molecule has 4 heteroatoms. The minimum absolute atomic E-state index is 0.124. The van der Waals surface area contributed by atoms with Gasteiger partial charge in [0, 0.05) is 17.0 Å². The van der Waals surface area contributed by atoms with Crippen molar-refractivity contribution < 1.29 is 0 Å². The summed E-state index contributed by atoms with van der Waals surface area (Å²) < 4.78 is 1.87. The van der Waals surface area contributed by atoms with Crippen LogP contribution in [0.2, 0.25) is 0 Å². The van der Waals surface area contributed by atoms with Gasteiger partial charge in [-0.15, -0.1) is 11.8 Å². The first-order chi connectivity index (χ1) is 12.7. The summed E-state index contributed by atoms with van der Waals surface area (Å²) in [6.07, 6.45) is 3.10. The molecule has 0 unspecified atom stereocenters. The van der Waals surface area contributed by atoms with E-state index in [9.17, 15) is 4.79 Å². The standard InChI is InChI=1S/C22H22N2OS/c1-16-7-5-10-18(13-16)15-26-21-19-11-6-12-20(19)24(22(25)23-21)14-17-8-3-2-4-9-17/h2-5,7-10,13H,6,11-12,14-15H2,1H3. The second kappa shape index (κ2) is 7.50. The molecule has 2 aromatic carbocycles. The first-order valence-electron chi connectivity index (χ1n) is 9.05. The molecule has 0 fully saturated rings. The highest BCUT2D eigenvalue weighted by molar-refractivity contribution is 7.98. The number of nitrogens with zero attached hydrogens (tertiary/aromatic N) is 2. The largest absolute Gasteiger partial charge is 0.349 e. The van der Waals surface area contributed by atoms with Crippen LogP contribution in [0.4, 0.5) is 0 Å². The van der Waals surface area contributed by atoms with Crippen molar-refractivity contribution in [3.8, 4) is 0 Å². The second-order valence-electron chi connectivity index (χ2n) is 6.83. The van der Waals surface area contributed by atoms with E-state index in [2.05, 4.69) is 48.3 Å². The number of rotatable bonds is 5. The average Bonchev–Trinajstić information content (AvgIpc) is 3.13. The van der Waals surface area contributed by atoms with Crippen molar-refractivity contribution in [3.63, 3.8) is 0 Å². The summed E-state index contributed by atoms with van der Waals surface area (Å²) in [5.41, 5.74) is 6.02. The van der Waals surface area contributed by atoms with Gasteiger partial charge in [0.05, 0.1) is 6.54 Å². The van der Waals surface area contributed by atoms with Crippen molar-refractivity contribution in [3.05, 3.63) is 93.0 Å². The van der Waals surface area contributed by atoms with Crippen molar-refractivity contribution >= 4 is 11.8 Å². The van der Waals surface area contributed by atoms with Crippen LogP contribution in [0.1, 0.15) is 34.4 Å². The first-order valence-corrected chi connectivity index (χ1v) is 10.0. The third kappa shape index (κ3) is 3.61. The van der Waals surface area contributed by atoms with E-state index in [-0.39, 0.29) is 5.69 Å². The van der Waals surface area contributed by atoms with Gasteiger partial charge in [0.25, 0.3) is 0 Å². The summed E-state index contributed by atoms with van der Waals surface area (Å²) in [5.74, 6) is 0.850. The predicted octanol–water partition coefficient (Wildman–Crippen LogP) is 4.38. The summed E-state index contributed by atoms with van der Waals surface area (Å²) in [5, 5.41) is 0.924. The van der Waals surface area contributed by atoms with Gasteiger partial charge >= 0.3 is 5.69 Å². The molecule has 0 saturated carbocycles. The number of aryl methyl sites for hydroxylation is 1. The molecule has 3 nitrogen and oxygen atoms in total. The maximum absolute atomic E-state index is 12.7. The van der Waals surface area contributed by atoms with E-state index in [1.165, 1.54) is 22.4 Å². The molecular formula is C22H22N2OS. The van der Waals surface area contributed by atoms with Crippen LogP contribution in [0.25, 0.3) is 0 Å². The van der Waals surface area contributed by atoms with Crippen LogP contribution < -0.4 is 5.69 Å². The number of hydrogen-bond donors (Lipinski definition) is 0. The molecule has 0 spiro atoms. The van der Waals surface area contributed by atoms with Gasteiger partial charge < -0.3 is 0 Å². The molecule has 132 valence electrons. The number of hydrogen-bond acceptors (Lipinski definition) is 3. The van der Waals surface area contributed by atoms with Crippen LogP contribution in [-0.2, 0) is 25.1 Å². The Kier molecular flexibility index (Phi) is 4.93. The van der Waals surface area contributed by atoms with E-state index in [1.807, 2.05) is 22.8 Å². The smallest absolute Gasteiger partial charge is 0.292 e. The summed E-state index contributed by atoms with van der Waals surface area (Å²) >= 11 is 1.69. The van der Waals surface area contributed by atoms with Gasteiger partial charge in [-0.2, -0.15) is 4.98 Å². The molecule has 0 N–H and O–H groups in total. The normalized spacial score (nSPS) is 13.0. The number of thioether (sulfide) groups is 1. The molecule has 1 aromatic heterocycles. The molecule has 1 aliphatic carbocycles. The van der Waals surface area contributed by atoms with Gasteiger partial charge in [-0.05, 0) is 37.3 Å². The fraction of sp³-hybridized carbons (Fsp3) is 0.273. The predicted molar refractivity (Wildman–Crippen MR) is 107 cm³/mol. The van der Waals surface area contributed by atoms with Crippen molar-refractivity contribution in [2.75, 3.05) is 0 Å². The van der Waals surface area contributed by atoms with Gasteiger partial charge in [0.1, 0.15) is 5.03 Å². The quantitative estimate of drug-likeness (QED) is 0.499. The Bertz CT molecular complexity index is 979. The van der Waals surface area contributed by atoms with Gasteiger partial charge in [-0.1, -0.05) is 60.2 Å². The minimum Gasteiger partial charge on any atom is -0.292 e. The average molecular weight is 362 g/mol. The van der Waals surface area contributed by atoms with Gasteiger partial charge in [-0.3, -0.25) is 4.57 Å². The maximum Gasteiger partial charge on any atom is 0.349 e. The third-order valence-corrected chi connectivity index (χ3v) is 5.93. The summed E-state index contributed by atoms with van der Waals surface area (Å²) in [4.78, 5) is 17.2. The van der Waals surface area contributed by atoms with E-state index in [0.29, 0.717) is 6.54 Å². The molecule has 1 heterocycles. The van der Waals surface area contributed by atoms with E-state index in [0.717, 1.165) is 35.6 Å². The fourth-order valence-corrected chi connectivity index (χ4v) is 4.61. The first kappa shape index (κ1) is 17.1. The van der Waals surface area contributed by atoms with Crippen molar-refractivity contribution in [1.82, 2.24) is 9.55 Å². The number of aromatic nitrogens is 2. The Morgan fingerprint density at radius 2 is 1.85 bits per heavy atom. The zero-order chi connectivity index (χ0) is 17.9. The molecule has 0 bridgehead atoms. The van der Waals surface area contributed by atoms with Crippen LogP contribution >= 0.6 is 11.8 Å². The highest BCUT2D eigenvalue weighted by atomic mass is 32.2. The molecular weight excluding hydrogens is 340 g/mol. The summed E-state index contributed by atoms with van der Waals surface area (Å²) in [6.45, 7) is 2.71. The van der Waals surface area contributed by atoms with Gasteiger partial charge in [0.2, 0.25) is 0 Å². The second-order valence-corrected chi connectivity index (χ2v) is 7.79. The van der Waals surface area contributed by atoms with Crippen LogP contribution in [0.5, 0.6) is 0 Å². The molecule has 0 saturated heterocycles. The van der Waals surface area contributed by atoms with E-state index >= 15 is 0 Å².